The van der Waals surface area contributed by atoms with Crippen LogP contribution < -0.4 is 10.6 Å². The van der Waals surface area contributed by atoms with Crippen LogP contribution in [0.2, 0.25) is 0 Å². The number of hydrogen-bond donors (Lipinski definition) is 2. The van der Waals surface area contributed by atoms with E-state index in [2.05, 4.69) is 24.5 Å². The fourth-order valence-corrected chi connectivity index (χ4v) is 6.96. The van der Waals surface area contributed by atoms with E-state index in [1.54, 1.807) is 0 Å². The van der Waals surface area contributed by atoms with Crippen molar-refractivity contribution < 1.29 is 19.1 Å². The molecule has 0 aromatic rings. The Morgan fingerprint density at radius 1 is 0.966 bits per heavy atom. The van der Waals surface area contributed by atoms with E-state index in [9.17, 15) is 14.4 Å². The first-order valence-electron chi connectivity index (χ1n) is 11.6. The highest BCUT2D eigenvalue weighted by Crippen LogP contribution is 2.60. The normalized spacial score (nSPS) is 40.3. The molecular formula is C23H36N2O4. The molecule has 6 nitrogen and oxygen atoms in total. The molecular weight excluding hydrogens is 368 g/mol. The SMILES string of the molecule is CC1CCCC(NC(=O)COC(=O)CNC(=O)C23CC4CC(CC(C4)C2)C3)C1C. The molecule has 3 unspecified atom stereocenters. The van der Waals surface area contributed by atoms with Gasteiger partial charge in [-0.1, -0.05) is 26.7 Å². The van der Waals surface area contributed by atoms with Gasteiger partial charge in [0.2, 0.25) is 5.91 Å². The Labute approximate surface area is 173 Å². The second kappa shape index (κ2) is 8.27. The molecule has 2 N–H and O–H groups in total. The van der Waals surface area contributed by atoms with Gasteiger partial charge in [-0.3, -0.25) is 14.4 Å². The molecule has 2 amide bonds. The number of carbonyl (C=O) groups is 3. The van der Waals surface area contributed by atoms with Crippen LogP contribution in [0.3, 0.4) is 0 Å². The molecule has 5 fully saturated rings. The average molecular weight is 405 g/mol. The van der Waals surface area contributed by atoms with Gasteiger partial charge >= 0.3 is 5.97 Å². The molecule has 0 heterocycles. The number of hydrogen-bond acceptors (Lipinski definition) is 4. The molecule has 0 aromatic heterocycles. The topological polar surface area (TPSA) is 84.5 Å². The lowest BCUT2D eigenvalue weighted by atomic mass is 9.49. The second-order valence-corrected chi connectivity index (χ2v) is 10.5. The van der Waals surface area contributed by atoms with E-state index in [-0.39, 0.29) is 36.4 Å². The molecule has 6 heteroatoms. The molecule has 4 bridgehead atoms. The molecule has 5 saturated carbocycles. The summed E-state index contributed by atoms with van der Waals surface area (Å²) in [6.45, 7) is 3.96. The lowest BCUT2D eigenvalue weighted by Gasteiger charge is -2.55. The van der Waals surface area contributed by atoms with Crippen LogP contribution in [0.5, 0.6) is 0 Å². The zero-order valence-corrected chi connectivity index (χ0v) is 17.9. The van der Waals surface area contributed by atoms with E-state index in [4.69, 9.17) is 4.74 Å². The number of amides is 2. The van der Waals surface area contributed by atoms with Crippen LogP contribution in [0.1, 0.15) is 71.6 Å². The van der Waals surface area contributed by atoms with Gasteiger partial charge in [-0.25, -0.2) is 0 Å². The van der Waals surface area contributed by atoms with Crippen LogP contribution in [0.25, 0.3) is 0 Å². The third-order valence-corrected chi connectivity index (χ3v) is 8.33. The number of ether oxygens (including phenoxy) is 1. The van der Waals surface area contributed by atoms with Crippen molar-refractivity contribution in [3.05, 3.63) is 0 Å². The molecule has 0 radical (unpaired) electrons. The Kier molecular flexibility index (Phi) is 5.90. The first-order chi connectivity index (χ1) is 13.8. The van der Waals surface area contributed by atoms with E-state index < -0.39 is 5.97 Å². The van der Waals surface area contributed by atoms with Crippen molar-refractivity contribution in [2.75, 3.05) is 13.2 Å². The lowest BCUT2D eigenvalue weighted by Crippen LogP contribution is -2.54. The van der Waals surface area contributed by atoms with Crippen molar-refractivity contribution in [1.29, 1.82) is 0 Å². The monoisotopic (exact) mass is 404 g/mol. The van der Waals surface area contributed by atoms with Gasteiger partial charge in [0.1, 0.15) is 6.54 Å². The Bertz CT molecular complexity index is 626. The molecule has 5 rings (SSSR count). The number of esters is 1. The molecule has 5 aliphatic carbocycles. The van der Waals surface area contributed by atoms with Crippen molar-refractivity contribution in [3.8, 4) is 0 Å². The number of rotatable bonds is 6. The molecule has 0 aromatic carbocycles. The molecule has 29 heavy (non-hydrogen) atoms. The summed E-state index contributed by atoms with van der Waals surface area (Å²) < 4.78 is 5.11. The summed E-state index contributed by atoms with van der Waals surface area (Å²) in [5, 5.41) is 5.82. The van der Waals surface area contributed by atoms with Gasteiger partial charge in [0, 0.05) is 11.5 Å². The molecule has 0 spiro atoms. The van der Waals surface area contributed by atoms with Crippen molar-refractivity contribution in [3.63, 3.8) is 0 Å². The summed E-state index contributed by atoms with van der Waals surface area (Å²) in [7, 11) is 0. The van der Waals surface area contributed by atoms with Crippen molar-refractivity contribution in [2.24, 2.45) is 35.0 Å². The summed E-state index contributed by atoms with van der Waals surface area (Å²) in [6.07, 6.45) is 10.1. The Morgan fingerprint density at radius 2 is 1.59 bits per heavy atom. The van der Waals surface area contributed by atoms with Crippen molar-refractivity contribution >= 4 is 17.8 Å². The maximum Gasteiger partial charge on any atom is 0.325 e. The second-order valence-electron chi connectivity index (χ2n) is 10.5. The summed E-state index contributed by atoms with van der Waals surface area (Å²) in [4.78, 5) is 37.1. The first kappa shape index (κ1) is 20.7. The van der Waals surface area contributed by atoms with Gasteiger partial charge in [-0.15, -0.1) is 0 Å². The third-order valence-electron chi connectivity index (χ3n) is 8.33. The van der Waals surface area contributed by atoms with Gasteiger partial charge in [-0.2, -0.15) is 0 Å². The van der Waals surface area contributed by atoms with Gasteiger partial charge in [0.05, 0.1) is 0 Å². The quantitative estimate of drug-likeness (QED) is 0.667. The zero-order chi connectivity index (χ0) is 20.6. The Balaban J connectivity index is 1.18. The standard InChI is InChI=1S/C23H36N2O4/c1-14-4-3-5-19(15(14)2)25-20(26)13-29-21(27)12-24-22(28)23-9-16-6-17(10-23)8-18(7-16)11-23/h14-19H,3-13H2,1-2H3,(H,24,28)(H,25,26). The smallest absolute Gasteiger partial charge is 0.325 e. The maximum absolute atomic E-state index is 12.9. The van der Waals surface area contributed by atoms with E-state index >= 15 is 0 Å². The maximum atomic E-state index is 12.9. The molecule has 3 atom stereocenters. The van der Waals surface area contributed by atoms with Crippen molar-refractivity contribution in [2.45, 2.75) is 77.7 Å². The van der Waals surface area contributed by atoms with E-state index in [0.717, 1.165) is 32.1 Å². The molecule has 162 valence electrons. The van der Waals surface area contributed by atoms with Gasteiger partial charge in [0.15, 0.2) is 6.61 Å². The summed E-state index contributed by atoms with van der Waals surface area (Å²) >= 11 is 0. The average Bonchev–Trinajstić information content (AvgIpc) is 2.67. The van der Waals surface area contributed by atoms with Crippen LogP contribution in [-0.2, 0) is 19.1 Å². The minimum absolute atomic E-state index is 0.0167. The molecule has 0 saturated heterocycles. The Morgan fingerprint density at radius 3 is 2.21 bits per heavy atom. The van der Waals surface area contributed by atoms with E-state index in [1.807, 2.05) is 0 Å². The third kappa shape index (κ3) is 4.46. The molecule has 0 aliphatic heterocycles. The zero-order valence-electron chi connectivity index (χ0n) is 17.9. The fourth-order valence-electron chi connectivity index (χ4n) is 6.96. The minimum Gasteiger partial charge on any atom is -0.454 e. The van der Waals surface area contributed by atoms with Gasteiger partial charge in [0.25, 0.3) is 5.91 Å². The Hall–Kier alpha value is -1.59. The largest absolute Gasteiger partial charge is 0.454 e. The molecule has 5 aliphatic rings. The fraction of sp³-hybridized carbons (Fsp3) is 0.870. The number of nitrogens with one attached hydrogen (secondary N) is 2. The van der Waals surface area contributed by atoms with Gasteiger partial charge < -0.3 is 15.4 Å². The summed E-state index contributed by atoms with van der Waals surface area (Å²) in [5.41, 5.74) is -0.264. The summed E-state index contributed by atoms with van der Waals surface area (Å²) in [6, 6.07) is 0.153. The predicted octanol–water partition coefficient (Wildman–Crippen LogP) is 2.80. The predicted molar refractivity (Wildman–Crippen MR) is 109 cm³/mol. The van der Waals surface area contributed by atoms with E-state index in [1.165, 1.54) is 25.7 Å². The minimum atomic E-state index is -0.539. The van der Waals surface area contributed by atoms with E-state index in [0.29, 0.717) is 29.6 Å². The highest BCUT2D eigenvalue weighted by Gasteiger charge is 2.54. The summed E-state index contributed by atoms with van der Waals surface area (Å²) in [5.74, 6) is 2.31. The highest BCUT2D eigenvalue weighted by atomic mass is 16.5. The highest BCUT2D eigenvalue weighted by molar-refractivity contribution is 5.87. The number of carbonyl (C=O) groups excluding carboxylic acids is 3. The van der Waals surface area contributed by atoms with Crippen LogP contribution >= 0.6 is 0 Å². The lowest BCUT2D eigenvalue weighted by molar-refractivity contribution is -0.152. The van der Waals surface area contributed by atoms with Crippen LogP contribution in [0.4, 0.5) is 0 Å². The van der Waals surface area contributed by atoms with Crippen LogP contribution in [-0.4, -0.2) is 37.0 Å². The first-order valence-corrected chi connectivity index (χ1v) is 11.6. The van der Waals surface area contributed by atoms with Crippen molar-refractivity contribution in [1.82, 2.24) is 10.6 Å². The van der Waals surface area contributed by atoms with Gasteiger partial charge in [-0.05, 0) is 74.5 Å². The van der Waals surface area contributed by atoms with Crippen LogP contribution in [0, 0.1) is 35.0 Å². The van der Waals surface area contributed by atoms with Crippen LogP contribution in [0.15, 0.2) is 0 Å².